The highest BCUT2D eigenvalue weighted by Gasteiger charge is 2.29. The Labute approximate surface area is 144 Å². The fourth-order valence-corrected chi connectivity index (χ4v) is 2.48. The minimum atomic E-state index is -0.813. The van der Waals surface area contributed by atoms with E-state index in [4.69, 9.17) is 4.52 Å². The van der Waals surface area contributed by atoms with E-state index in [1.165, 1.54) is 13.0 Å². The van der Waals surface area contributed by atoms with Crippen LogP contribution in [0.4, 0.5) is 11.4 Å². The van der Waals surface area contributed by atoms with Crippen molar-refractivity contribution in [3.63, 3.8) is 0 Å². The molecular formula is C16H19N5O4. The second kappa shape index (κ2) is 6.15. The van der Waals surface area contributed by atoms with Crippen LogP contribution in [0.25, 0.3) is 11.5 Å². The molecule has 9 heteroatoms. The van der Waals surface area contributed by atoms with Crippen LogP contribution in [0.5, 0.6) is 0 Å². The predicted octanol–water partition coefficient (Wildman–Crippen LogP) is 2.59. The van der Waals surface area contributed by atoms with E-state index in [0.717, 1.165) is 12.8 Å². The molecule has 1 aromatic carbocycles. The highest BCUT2D eigenvalue weighted by atomic mass is 16.6. The van der Waals surface area contributed by atoms with Gasteiger partial charge in [-0.15, -0.1) is 0 Å². The Morgan fingerprint density at radius 1 is 1.40 bits per heavy atom. The molecule has 1 saturated carbocycles. The molecule has 0 unspecified atom stereocenters. The summed E-state index contributed by atoms with van der Waals surface area (Å²) in [5, 5.41) is 21.1. The Morgan fingerprint density at radius 3 is 2.72 bits per heavy atom. The van der Waals surface area contributed by atoms with Crippen LogP contribution in [-0.4, -0.2) is 27.0 Å². The van der Waals surface area contributed by atoms with Crippen LogP contribution in [0.1, 0.15) is 39.4 Å². The van der Waals surface area contributed by atoms with Crippen LogP contribution in [0.15, 0.2) is 22.7 Å². The van der Waals surface area contributed by atoms with Gasteiger partial charge < -0.3 is 15.2 Å². The molecule has 0 spiro atoms. The zero-order chi connectivity index (χ0) is 18.2. The molecule has 1 aromatic heterocycles. The van der Waals surface area contributed by atoms with E-state index in [1.54, 1.807) is 26.0 Å². The first-order valence-corrected chi connectivity index (χ1v) is 7.94. The number of nitrogens with one attached hydrogen (secondary N) is 2. The number of amides is 1. The van der Waals surface area contributed by atoms with Gasteiger partial charge in [0, 0.05) is 24.6 Å². The maximum absolute atomic E-state index is 11.3. The summed E-state index contributed by atoms with van der Waals surface area (Å²) in [5.74, 6) is 0.234. The normalized spacial score (nSPS) is 14.2. The third-order valence-corrected chi connectivity index (χ3v) is 3.85. The van der Waals surface area contributed by atoms with E-state index >= 15 is 0 Å². The van der Waals surface area contributed by atoms with Crippen LogP contribution < -0.4 is 10.6 Å². The maximum atomic E-state index is 11.3. The summed E-state index contributed by atoms with van der Waals surface area (Å²) >= 11 is 0. The quantitative estimate of drug-likeness (QED) is 0.609. The molecule has 1 fully saturated rings. The number of rotatable bonds is 6. The minimum Gasteiger partial charge on any atom is -0.377 e. The van der Waals surface area contributed by atoms with Crippen LogP contribution >= 0.6 is 0 Å². The van der Waals surface area contributed by atoms with Crippen molar-refractivity contribution >= 4 is 17.3 Å². The summed E-state index contributed by atoms with van der Waals surface area (Å²) in [4.78, 5) is 26.5. The Hall–Kier alpha value is -2.97. The minimum absolute atomic E-state index is 0.0368. The summed E-state index contributed by atoms with van der Waals surface area (Å²) < 4.78 is 5.23. The van der Waals surface area contributed by atoms with E-state index in [1.807, 2.05) is 0 Å². The molecule has 2 aromatic rings. The smallest absolute Gasteiger partial charge is 0.293 e. The first kappa shape index (κ1) is 16.9. The van der Waals surface area contributed by atoms with Crippen molar-refractivity contribution in [3.8, 4) is 11.5 Å². The Morgan fingerprint density at radius 2 is 2.12 bits per heavy atom. The number of carbonyl (C=O) groups excluding carboxylic acids is 1. The number of hydrogen-bond acceptors (Lipinski definition) is 7. The van der Waals surface area contributed by atoms with Gasteiger partial charge in [0.25, 0.3) is 11.6 Å². The second-order valence-electron chi connectivity index (χ2n) is 6.64. The van der Waals surface area contributed by atoms with Crippen LogP contribution in [-0.2, 0) is 10.3 Å². The molecule has 9 nitrogen and oxygen atoms in total. The zero-order valence-electron chi connectivity index (χ0n) is 14.2. The van der Waals surface area contributed by atoms with Crippen LogP contribution in [0.2, 0.25) is 0 Å². The first-order chi connectivity index (χ1) is 11.8. The molecule has 2 N–H and O–H groups in total. The lowest BCUT2D eigenvalue weighted by atomic mass is 10.1. The lowest BCUT2D eigenvalue weighted by Crippen LogP contribution is -2.40. The third-order valence-electron chi connectivity index (χ3n) is 3.85. The number of benzene rings is 1. The standard InChI is InChI=1S/C16H19N5O4/c1-9(22)19-16(2,3)15-18-14(25-20-15)10-4-7-12(17-11-5-6-11)13(8-10)21(23)24/h4,7-8,11,17H,5-6H2,1-3H3,(H,19,22). The number of aromatic nitrogens is 2. The van der Waals surface area contributed by atoms with Crippen LogP contribution in [0.3, 0.4) is 0 Å². The van der Waals surface area contributed by atoms with Crippen molar-refractivity contribution in [3.05, 3.63) is 34.1 Å². The third kappa shape index (κ3) is 3.76. The van der Waals surface area contributed by atoms with Gasteiger partial charge in [-0.25, -0.2) is 0 Å². The number of hydrogen-bond donors (Lipinski definition) is 2. The SMILES string of the molecule is CC(=O)NC(C)(C)c1noc(-c2ccc(NC3CC3)c([N+](=O)[O-])c2)n1. The monoisotopic (exact) mass is 345 g/mol. The summed E-state index contributed by atoms with van der Waals surface area (Å²) in [5.41, 5.74) is 0.0812. The lowest BCUT2D eigenvalue weighted by Gasteiger charge is -2.20. The zero-order valence-corrected chi connectivity index (χ0v) is 14.2. The molecule has 0 bridgehead atoms. The summed E-state index contributed by atoms with van der Waals surface area (Å²) in [7, 11) is 0. The largest absolute Gasteiger partial charge is 0.377 e. The van der Waals surface area contributed by atoms with Gasteiger partial charge in [0.2, 0.25) is 5.91 Å². The number of nitrogens with zero attached hydrogens (tertiary/aromatic N) is 3. The van der Waals surface area contributed by atoms with Crippen molar-refractivity contribution in [2.45, 2.75) is 45.2 Å². The van der Waals surface area contributed by atoms with E-state index in [9.17, 15) is 14.9 Å². The number of nitro benzene ring substituents is 1. The predicted molar refractivity (Wildman–Crippen MR) is 89.9 cm³/mol. The molecule has 25 heavy (non-hydrogen) atoms. The summed E-state index contributed by atoms with van der Waals surface area (Å²) in [6.07, 6.45) is 2.04. The molecule has 0 saturated heterocycles. The molecule has 0 aliphatic heterocycles. The van der Waals surface area contributed by atoms with Gasteiger partial charge in [0.05, 0.1) is 10.5 Å². The van der Waals surface area contributed by atoms with Gasteiger partial charge in [-0.2, -0.15) is 4.98 Å². The topological polar surface area (TPSA) is 123 Å². The summed E-state index contributed by atoms with van der Waals surface area (Å²) in [6.45, 7) is 4.89. The molecule has 1 heterocycles. The Bertz CT molecular complexity index is 826. The van der Waals surface area contributed by atoms with Crippen molar-refractivity contribution in [1.82, 2.24) is 15.5 Å². The second-order valence-corrected chi connectivity index (χ2v) is 6.64. The van der Waals surface area contributed by atoms with Crippen LogP contribution in [0, 0.1) is 10.1 Å². The lowest BCUT2D eigenvalue weighted by molar-refractivity contribution is -0.383. The van der Waals surface area contributed by atoms with Crippen molar-refractivity contribution in [2.75, 3.05) is 5.32 Å². The average Bonchev–Trinajstić information content (AvgIpc) is 3.18. The fraction of sp³-hybridized carbons (Fsp3) is 0.438. The van der Waals surface area contributed by atoms with E-state index in [2.05, 4.69) is 20.8 Å². The molecule has 1 amide bonds. The maximum Gasteiger partial charge on any atom is 0.293 e. The highest BCUT2D eigenvalue weighted by molar-refractivity contribution is 5.74. The van der Waals surface area contributed by atoms with Gasteiger partial charge in [-0.05, 0) is 38.8 Å². The van der Waals surface area contributed by atoms with E-state index < -0.39 is 10.5 Å². The van der Waals surface area contributed by atoms with E-state index in [-0.39, 0.29) is 17.5 Å². The molecule has 1 aliphatic carbocycles. The number of carbonyl (C=O) groups is 1. The van der Waals surface area contributed by atoms with Gasteiger partial charge in [0.1, 0.15) is 5.69 Å². The Balaban J connectivity index is 1.90. The number of nitro groups is 1. The van der Waals surface area contributed by atoms with Gasteiger partial charge in [-0.3, -0.25) is 14.9 Å². The number of anilines is 1. The summed E-state index contributed by atoms with van der Waals surface area (Å²) in [6, 6.07) is 5.06. The molecule has 3 rings (SSSR count). The van der Waals surface area contributed by atoms with Crippen molar-refractivity contribution < 1.29 is 14.2 Å². The van der Waals surface area contributed by atoms with E-state index in [0.29, 0.717) is 23.1 Å². The van der Waals surface area contributed by atoms with Crippen molar-refractivity contribution in [2.24, 2.45) is 0 Å². The Kier molecular flexibility index (Phi) is 4.15. The molecule has 0 atom stereocenters. The molecular weight excluding hydrogens is 326 g/mol. The van der Waals surface area contributed by atoms with Gasteiger partial charge >= 0.3 is 0 Å². The van der Waals surface area contributed by atoms with Gasteiger partial charge in [0.15, 0.2) is 5.82 Å². The average molecular weight is 345 g/mol. The fourth-order valence-electron chi connectivity index (χ4n) is 2.48. The van der Waals surface area contributed by atoms with Gasteiger partial charge in [-0.1, -0.05) is 5.16 Å². The highest BCUT2D eigenvalue weighted by Crippen LogP contribution is 2.34. The van der Waals surface area contributed by atoms with Crippen molar-refractivity contribution in [1.29, 1.82) is 0 Å². The molecule has 0 radical (unpaired) electrons. The molecule has 1 aliphatic rings. The molecule has 132 valence electrons. The first-order valence-electron chi connectivity index (χ1n) is 7.94.